The molecule has 0 unspecified atom stereocenters. The van der Waals surface area contributed by atoms with E-state index in [0.29, 0.717) is 10.6 Å². The second-order valence-corrected chi connectivity index (χ2v) is 6.39. The largest absolute Gasteiger partial charge is 0.336 e. The van der Waals surface area contributed by atoms with Crippen molar-refractivity contribution in [1.82, 2.24) is 10.2 Å². The highest BCUT2D eigenvalue weighted by atomic mass is 35.5. The van der Waals surface area contributed by atoms with Crippen LogP contribution in [-0.2, 0) is 5.41 Å². The normalized spacial score (nSPS) is 16.5. The van der Waals surface area contributed by atoms with Crippen LogP contribution >= 0.6 is 11.6 Å². The van der Waals surface area contributed by atoms with Gasteiger partial charge in [0.2, 0.25) is 0 Å². The Bertz CT molecular complexity index is 474. The number of hydrogen-bond donors (Lipinski definition) is 1. The number of amides is 1. The number of rotatable bonds is 1. The first kappa shape index (κ1) is 14.4. The molecule has 0 spiro atoms. The van der Waals surface area contributed by atoms with Gasteiger partial charge >= 0.3 is 0 Å². The monoisotopic (exact) mass is 280 g/mol. The van der Waals surface area contributed by atoms with Gasteiger partial charge in [-0.15, -0.1) is 0 Å². The molecule has 104 valence electrons. The number of carbonyl (C=O) groups is 1. The lowest BCUT2D eigenvalue weighted by Gasteiger charge is -2.28. The molecule has 0 bridgehead atoms. The zero-order chi connectivity index (χ0) is 14.0. The average molecular weight is 281 g/mol. The molecule has 1 heterocycles. The number of carbonyl (C=O) groups excluding carboxylic acids is 1. The van der Waals surface area contributed by atoms with E-state index in [1.54, 1.807) is 0 Å². The first-order chi connectivity index (χ1) is 8.89. The lowest BCUT2D eigenvalue weighted by atomic mass is 9.86. The molecule has 1 aliphatic rings. The van der Waals surface area contributed by atoms with Crippen LogP contribution < -0.4 is 5.32 Å². The fourth-order valence-electron chi connectivity index (χ4n) is 2.19. The smallest absolute Gasteiger partial charge is 0.255 e. The van der Waals surface area contributed by atoms with Crippen molar-refractivity contribution < 1.29 is 4.79 Å². The summed E-state index contributed by atoms with van der Waals surface area (Å²) in [5, 5.41) is 3.79. The third-order valence-electron chi connectivity index (χ3n) is 3.47. The maximum Gasteiger partial charge on any atom is 0.255 e. The third kappa shape index (κ3) is 3.28. The van der Waals surface area contributed by atoms with Crippen LogP contribution in [0.4, 0.5) is 0 Å². The SMILES string of the molecule is CC(C)(C)c1ccc(C(=O)N2CCNCC2)c(Cl)c1. The quantitative estimate of drug-likeness (QED) is 0.858. The van der Waals surface area contributed by atoms with Crippen LogP contribution in [0.2, 0.25) is 5.02 Å². The van der Waals surface area contributed by atoms with E-state index in [2.05, 4.69) is 26.1 Å². The Balaban J connectivity index is 2.23. The van der Waals surface area contributed by atoms with Crippen LogP contribution in [0.25, 0.3) is 0 Å². The predicted octanol–water partition coefficient (Wildman–Crippen LogP) is 2.68. The van der Waals surface area contributed by atoms with Gasteiger partial charge in [0, 0.05) is 26.2 Å². The van der Waals surface area contributed by atoms with Crippen molar-refractivity contribution in [2.45, 2.75) is 26.2 Å². The maximum absolute atomic E-state index is 12.4. The lowest BCUT2D eigenvalue weighted by Crippen LogP contribution is -2.46. The zero-order valence-electron chi connectivity index (χ0n) is 11.8. The van der Waals surface area contributed by atoms with Gasteiger partial charge in [-0.05, 0) is 23.1 Å². The van der Waals surface area contributed by atoms with Gasteiger partial charge < -0.3 is 10.2 Å². The van der Waals surface area contributed by atoms with Gasteiger partial charge in [0.25, 0.3) is 5.91 Å². The van der Waals surface area contributed by atoms with Crippen LogP contribution in [0, 0.1) is 0 Å². The summed E-state index contributed by atoms with van der Waals surface area (Å²) in [4.78, 5) is 14.3. The first-order valence-corrected chi connectivity index (χ1v) is 7.07. The minimum Gasteiger partial charge on any atom is -0.336 e. The summed E-state index contributed by atoms with van der Waals surface area (Å²) in [7, 11) is 0. The number of piperazine rings is 1. The van der Waals surface area contributed by atoms with E-state index in [4.69, 9.17) is 11.6 Å². The molecular weight excluding hydrogens is 260 g/mol. The molecule has 0 aromatic heterocycles. The summed E-state index contributed by atoms with van der Waals surface area (Å²) in [6.45, 7) is 9.60. The molecule has 1 saturated heterocycles. The van der Waals surface area contributed by atoms with Crippen molar-refractivity contribution in [3.8, 4) is 0 Å². The van der Waals surface area contributed by atoms with E-state index in [-0.39, 0.29) is 11.3 Å². The van der Waals surface area contributed by atoms with Crippen LogP contribution in [0.15, 0.2) is 18.2 Å². The molecule has 1 amide bonds. The first-order valence-electron chi connectivity index (χ1n) is 6.69. The molecule has 19 heavy (non-hydrogen) atoms. The highest BCUT2D eigenvalue weighted by Gasteiger charge is 2.22. The van der Waals surface area contributed by atoms with E-state index in [1.165, 1.54) is 0 Å². The molecule has 0 saturated carbocycles. The summed E-state index contributed by atoms with van der Waals surface area (Å²) in [6.07, 6.45) is 0. The molecule has 1 aromatic rings. The molecule has 0 aliphatic carbocycles. The number of nitrogens with zero attached hydrogens (tertiary/aromatic N) is 1. The van der Waals surface area contributed by atoms with E-state index >= 15 is 0 Å². The molecule has 1 aromatic carbocycles. The Kier molecular flexibility index (Phi) is 4.16. The van der Waals surface area contributed by atoms with Crippen molar-refractivity contribution in [3.63, 3.8) is 0 Å². The molecule has 1 aliphatic heterocycles. The Morgan fingerprint density at radius 2 is 1.89 bits per heavy atom. The number of halogens is 1. The van der Waals surface area contributed by atoms with E-state index in [0.717, 1.165) is 31.7 Å². The average Bonchev–Trinajstić information content (AvgIpc) is 2.38. The van der Waals surface area contributed by atoms with Crippen molar-refractivity contribution in [3.05, 3.63) is 34.3 Å². The highest BCUT2D eigenvalue weighted by molar-refractivity contribution is 6.33. The highest BCUT2D eigenvalue weighted by Crippen LogP contribution is 2.27. The molecule has 3 nitrogen and oxygen atoms in total. The Labute approximate surface area is 119 Å². The molecule has 1 fully saturated rings. The van der Waals surface area contributed by atoms with E-state index < -0.39 is 0 Å². The van der Waals surface area contributed by atoms with Gasteiger partial charge in [0.15, 0.2) is 0 Å². The molecule has 0 radical (unpaired) electrons. The molecule has 2 rings (SSSR count). The standard InChI is InChI=1S/C15H21ClN2O/c1-15(2,3)11-4-5-12(13(16)10-11)14(19)18-8-6-17-7-9-18/h4-5,10,17H,6-9H2,1-3H3. The maximum atomic E-state index is 12.4. The fourth-order valence-corrected chi connectivity index (χ4v) is 2.45. The van der Waals surface area contributed by atoms with Crippen molar-refractivity contribution in [1.29, 1.82) is 0 Å². The van der Waals surface area contributed by atoms with Gasteiger partial charge in [-0.1, -0.05) is 38.4 Å². The van der Waals surface area contributed by atoms with Gasteiger partial charge in [0.1, 0.15) is 0 Å². The molecule has 0 atom stereocenters. The minimum atomic E-state index is 0.0342. The van der Waals surface area contributed by atoms with Crippen molar-refractivity contribution in [2.24, 2.45) is 0 Å². The van der Waals surface area contributed by atoms with Crippen LogP contribution in [-0.4, -0.2) is 37.0 Å². The fraction of sp³-hybridized carbons (Fsp3) is 0.533. The number of hydrogen-bond acceptors (Lipinski definition) is 2. The Morgan fingerprint density at radius 3 is 2.42 bits per heavy atom. The Hall–Kier alpha value is -1.06. The summed E-state index contributed by atoms with van der Waals surface area (Å²) in [5.74, 6) is 0.0342. The molecular formula is C15H21ClN2O. The van der Waals surface area contributed by atoms with Crippen molar-refractivity contribution in [2.75, 3.05) is 26.2 Å². The van der Waals surface area contributed by atoms with Gasteiger partial charge in [-0.25, -0.2) is 0 Å². The van der Waals surface area contributed by atoms with Gasteiger partial charge in [-0.2, -0.15) is 0 Å². The number of benzene rings is 1. The molecule has 1 N–H and O–H groups in total. The summed E-state index contributed by atoms with van der Waals surface area (Å²) in [6, 6.07) is 5.77. The van der Waals surface area contributed by atoms with Crippen molar-refractivity contribution >= 4 is 17.5 Å². The van der Waals surface area contributed by atoms with Crippen LogP contribution in [0.3, 0.4) is 0 Å². The van der Waals surface area contributed by atoms with Gasteiger partial charge in [0.05, 0.1) is 10.6 Å². The topological polar surface area (TPSA) is 32.3 Å². The summed E-state index contributed by atoms with van der Waals surface area (Å²) >= 11 is 6.29. The van der Waals surface area contributed by atoms with Crippen LogP contribution in [0.1, 0.15) is 36.7 Å². The minimum absolute atomic E-state index is 0.0342. The van der Waals surface area contributed by atoms with E-state index in [1.807, 2.05) is 23.1 Å². The summed E-state index contributed by atoms with van der Waals surface area (Å²) < 4.78 is 0. The van der Waals surface area contributed by atoms with Gasteiger partial charge in [-0.3, -0.25) is 4.79 Å². The third-order valence-corrected chi connectivity index (χ3v) is 3.78. The second-order valence-electron chi connectivity index (χ2n) is 5.99. The zero-order valence-corrected chi connectivity index (χ0v) is 12.5. The predicted molar refractivity (Wildman–Crippen MR) is 78.9 cm³/mol. The number of nitrogens with one attached hydrogen (secondary N) is 1. The van der Waals surface area contributed by atoms with E-state index in [9.17, 15) is 4.79 Å². The summed E-state index contributed by atoms with van der Waals surface area (Å²) in [5.41, 5.74) is 1.80. The lowest BCUT2D eigenvalue weighted by molar-refractivity contribution is 0.0736. The molecule has 4 heteroatoms. The second kappa shape index (κ2) is 5.51. The Morgan fingerprint density at radius 1 is 1.26 bits per heavy atom. The van der Waals surface area contributed by atoms with Crippen LogP contribution in [0.5, 0.6) is 0 Å².